The molecule has 5 nitrogen and oxygen atoms in total. The first-order valence-electron chi connectivity index (χ1n) is 7.48. The van der Waals surface area contributed by atoms with Crippen molar-refractivity contribution in [1.82, 2.24) is 9.97 Å². The fourth-order valence-corrected chi connectivity index (χ4v) is 2.29. The van der Waals surface area contributed by atoms with Crippen LogP contribution in [0.2, 0.25) is 0 Å². The third kappa shape index (κ3) is 4.08. The maximum atomic E-state index is 13.1. The van der Waals surface area contributed by atoms with Gasteiger partial charge in [-0.15, -0.1) is 0 Å². The molecular formula is C18H12F3N5. The Hall–Kier alpha value is -3.60. The van der Waals surface area contributed by atoms with Crippen LogP contribution in [0, 0.1) is 11.3 Å². The topological polar surface area (TPSA) is 73.6 Å². The molecule has 0 aliphatic heterocycles. The van der Waals surface area contributed by atoms with Crippen LogP contribution in [0.5, 0.6) is 0 Å². The number of hydrogen-bond donors (Lipinski definition) is 2. The second-order valence-corrected chi connectivity index (χ2v) is 5.27. The molecule has 26 heavy (non-hydrogen) atoms. The van der Waals surface area contributed by atoms with Gasteiger partial charge >= 0.3 is 6.18 Å². The summed E-state index contributed by atoms with van der Waals surface area (Å²) in [6.45, 7) is 0. The monoisotopic (exact) mass is 355 g/mol. The predicted molar refractivity (Wildman–Crippen MR) is 91.2 cm³/mol. The second-order valence-electron chi connectivity index (χ2n) is 5.27. The van der Waals surface area contributed by atoms with Gasteiger partial charge in [0.15, 0.2) is 0 Å². The van der Waals surface area contributed by atoms with Gasteiger partial charge in [0, 0.05) is 11.8 Å². The zero-order chi connectivity index (χ0) is 18.6. The van der Waals surface area contributed by atoms with Crippen LogP contribution in [0.4, 0.5) is 36.2 Å². The maximum Gasteiger partial charge on any atom is 0.418 e. The van der Waals surface area contributed by atoms with E-state index in [0.29, 0.717) is 17.1 Å². The van der Waals surface area contributed by atoms with Crippen molar-refractivity contribution in [2.45, 2.75) is 6.18 Å². The largest absolute Gasteiger partial charge is 0.418 e. The van der Waals surface area contributed by atoms with Crippen molar-refractivity contribution >= 4 is 23.0 Å². The number of hydrogen-bond acceptors (Lipinski definition) is 5. The number of benzene rings is 2. The van der Waals surface area contributed by atoms with Crippen LogP contribution in [0.1, 0.15) is 11.1 Å². The first-order valence-corrected chi connectivity index (χ1v) is 7.48. The fourth-order valence-electron chi connectivity index (χ4n) is 2.29. The Morgan fingerprint density at radius 2 is 1.62 bits per heavy atom. The molecule has 0 unspecified atom stereocenters. The maximum absolute atomic E-state index is 13.1. The van der Waals surface area contributed by atoms with E-state index in [1.807, 2.05) is 6.07 Å². The third-order valence-corrected chi connectivity index (χ3v) is 3.43. The third-order valence-electron chi connectivity index (χ3n) is 3.43. The molecule has 0 spiro atoms. The van der Waals surface area contributed by atoms with E-state index in [2.05, 4.69) is 20.6 Å². The summed E-state index contributed by atoms with van der Waals surface area (Å²) in [7, 11) is 0. The smallest absolute Gasteiger partial charge is 0.340 e. The van der Waals surface area contributed by atoms with Crippen LogP contribution in [0.25, 0.3) is 0 Å². The first-order chi connectivity index (χ1) is 12.5. The Morgan fingerprint density at radius 3 is 2.35 bits per heavy atom. The van der Waals surface area contributed by atoms with E-state index in [1.165, 1.54) is 30.6 Å². The molecule has 2 N–H and O–H groups in total. The van der Waals surface area contributed by atoms with Crippen molar-refractivity contribution in [2.75, 3.05) is 10.6 Å². The van der Waals surface area contributed by atoms with Gasteiger partial charge in [-0.2, -0.15) is 18.4 Å². The van der Waals surface area contributed by atoms with Crippen LogP contribution in [-0.2, 0) is 6.18 Å². The minimum absolute atomic E-state index is 0.101. The highest BCUT2D eigenvalue weighted by Gasteiger charge is 2.33. The van der Waals surface area contributed by atoms with Gasteiger partial charge in [-0.3, -0.25) is 0 Å². The molecule has 1 heterocycles. The standard InChI is InChI=1S/C18H12F3N5/c19-18(20,21)14-6-1-2-7-15(14)26-17-9-16(23-11-24-17)25-13-5-3-4-12(8-13)10-22/h1-9,11H,(H2,23,24,25,26). The Labute approximate surface area is 147 Å². The van der Waals surface area contributed by atoms with Crippen molar-refractivity contribution in [1.29, 1.82) is 5.26 Å². The van der Waals surface area contributed by atoms with Crippen LogP contribution in [0.15, 0.2) is 60.9 Å². The lowest BCUT2D eigenvalue weighted by atomic mass is 10.1. The van der Waals surface area contributed by atoms with Gasteiger partial charge in [0.2, 0.25) is 0 Å². The number of nitrogens with zero attached hydrogens (tertiary/aromatic N) is 3. The Morgan fingerprint density at radius 1 is 0.885 bits per heavy atom. The fraction of sp³-hybridized carbons (Fsp3) is 0.0556. The Bertz CT molecular complexity index is 963. The lowest BCUT2D eigenvalue weighted by Gasteiger charge is -2.14. The van der Waals surface area contributed by atoms with E-state index in [1.54, 1.807) is 24.3 Å². The molecule has 0 aliphatic rings. The van der Waals surface area contributed by atoms with Crippen molar-refractivity contribution < 1.29 is 13.2 Å². The molecule has 0 amide bonds. The van der Waals surface area contributed by atoms with Gasteiger partial charge in [0.1, 0.15) is 18.0 Å². The van der Waals surface area contributed by atoms with E-state index < -0.39 is 11.7 Å². The molecule has 0 saturated carbocycles. The van der Waals surface area contributed by atoms with Gasteiger partial charge in [-0.1, -0.05) is 18.2 Å². The normalized spacial score (nSPS) is 10.8. The minimum atomic E-state index is -4.48. The number of alkyl halides is 3. The molecule has 0 fully saturated rings. The van der Waals surface area contributed by atoms with Gasteiger partial charge in [-0.05, 0) is 30.3 Å². The minimum Gasteiger partial charge on any atom is -0.340 e. The number of aromatic nitrogens is 2. The van der Waals surface area contributed by atoms with Crippen LogP contribution in [-0.4, -0.2) is 9.97 Å². The molecule has 0 bridgehead atoms. The van der Waals surface area contributed by atoms with Gasteiger partial charge in [0.05, 0.1) is 22.9 Å². The summed E-state index contributed by atoms with van der Waals surface area (Å²) < 4.78 is 39.2. The second kappa shape index (κ2) is 7.11. The van der Waals surface area contributed by atoms with E-state index in [-0.39, 0.29) is 11.5 Å². The molecule has 2 aromatic carbocycles. The molecule has 8 heteroatoms. The lowest BCUT2D eigenvalue weighted by molar-refractivity contribution is -0.136. The average Bonchev–Trinajstić information content (AvgIpc) is 2.62. The summed E-state index contributed by atoms with van der Waals surface area (Å²) in [4.78, 5) is 7.99. The Balaban J connectivity index is 1.84. The van der Waals surface area contributed by atoms with E-state index in [4.69, 9.17) is 5.26 Å². The number of nitrogens with one attached hydrogen (secondary N) is 2. The molecule has 0 saturated heterocycles. The summed E-state index contributed by atoms with van der Waals surface area (Å²) in [6.07, 6.45) is -3.25. The first kappa shape index (κ1) is 17.2. The van der Waals surface area contributed by atoms with Crippen molar-refractivity contribution in [3.63, 3.8) is 0 Å². The molecular weight excluding hydrogens is 343 g/mol. The molecule has 0 radical (unpaired) electrons. The summed E-state index contributed by atoms with van der Waals surface area (Å²) in [5, 5.41) is 14.6. The number of anilines is 4. The summed E-state index contributed by atoms with van der Waals surface area (Å²) in [5.74, 6) is 0.581. The SMILES string of the molecule is N#Cc1cccc(Nc2cc(Nc3ccccc3C(F)(F)F)ncn2)c1. The van der Waals surface area contributed by atoms with Crippen molar-refractivity contribution in [3.05, 3.63) is 72.1 Å². The van der Waals surface area contributed by atoms with Gasteiger partial charge in [0.25, 0.3) is 0 Å². The number of para-hydroxylation sites is 1. The van der Waals surface area contributed by atoms with Crippen molar-refractivity contribution in [2.24, 2.45) is 0 Å². The molecule has 3 rings (SSSR count). The van der Waals surface area contributed by atoms with E-state index in [0.717, 1.165) is 6.07 Å². The van der Waals surface area contributed by atoms with Gasteiger partial charge < -0.3 is 10.6 Å². The summed E-state index contributed by atoms with van der Waals surface area (Å²) in [6, 6.07) is 15.4. The summed E-state index contributed by atoms with van der Waals surface area (Å²) >= 11 is 0. The van der Waals surface area contributed by atoms with Crippen LogP contribution < -0.4 is 10.6 Å². The molecule has 130 valence electrons. The number of halogens is 3. The van der Waals surface area contributed by atoms with Crippen LogP contribution in [0.3, 0.4) is 0 Å². The van der Waals surface area contributed by atoms with E-state index in [9.17, 15) is 13.2 Å². The lowest BCUT2D eigenvalue weighted by Crippen LogP contribution is -2.09. The molecule has 1 aromatic heterocycles. The molecule has 3 aromatic rings. The highest BCUT2D eigenvalue weighted by atomic mass is 19.4. The quantitative estimate of drug-likeness (QED) is 0.699. The van der Waals surface area contributed by atoms with Crippen molar-refractivity contribution in [3.8, 4) is 6.07 Å². The Kier molecular flexibility index (Phi) is 4.71. The molecule has 0 atom stereocenters. The number of rotatable bonds is 4. The summed E-state index contributed by atoms with van der Waals surface area (Å²) in [5.41, 5.74) is 0.219. The predicted octanol–water partition coefficient (Wildman–Crippen LogP) is 4.85. The number of nitriles is 1. The van der Waals surface area contributed by atoms with E-state index >= 15 is 0 Å². The van der Waals surface area contributed by atoms with Crippen LogP contribution >= 0.6 is 0 Å². The highest BCUT2D eigenvalue weighted by Crippen LogP contribution is 2.35. The zero-order valence-electron chi connectivity index (χ0n) is 13.2. The molecule has 0 aliphatic carbocycles. The highest BCUT2D eigenvalue weighted by molar-refractivity contribution is 5.65. The zero-order valence-corrected chi connectivity index (χ0v) is 13.2. The average molecular weight is 355 g/mol. The van der Waals surface area contributed by atoms with Gasteiger partial charge in [-0.25, -0.2) is 9.97 Å².